The number of nitrogens with one attached hydrogen (secondary N) is 1. The highest BCUT2D eigenvalue weighted by atomic mass is 15.1. The molecule has 1 aliphatic heterocycles. The number of hydrogen-bond donors (Lipinski definition) is 1. The second kappa shape index (κ2) is 12.3. The number of pyridine rings is 2. The Morgan fingerprint density at radius 2 is 1.50 bits per heavy atom. The molecular weight excluding hydrogens is 585 g/mol. The monoisotopic (exact) mass is 618 g/mol. The summed E-state index contributed by atoms with van der Waals surface area (Å²) < 4.78 is 0. The largest absolute Gasteiger partial charge is 0.359 e. The summed E-state index contributed by atoms with van der Waals surface area (Å²) in [5.41, 5.74) is 7.28. The number of allylic oxidation sites excluding steroid dienone is 7. The SMILES string of the molecule is C#C/C(=C\C=C(/C)c1nc2c3ccccc3c3ccccc3c2c2ccccc12)C1=CC(c2ccccn2)=NC(C2=CCC(C)C=C2)N1. The van der Waals surface area contributed by atoms with Gasteiger partial charge in [-0.1, -0.05) is 116 Å². The van der Waals surface area contributed by atoms with E-state index in [4.69, 9.17) is 16.4 Å². The van der Waals surface area contributed by atoms with Gasteiger partial charge in [-0.25, -0.2) is 4.98 Å². The first-order chi connectivity index (χ1) is 23.6. The number of fused-ring (bicyclic) bond motifs is 8. The maximum absolute atomic E-state index is 6.21. The summed E-state index contributed by atoms with van der Waals surface area (Å²) >= 11 is 0. The van der Waals surface area contributed by atoms with E-state index in [1.165, 1.54) is 26.9 Å². The van der Waals surface area contributed by atoms with Crippen LogP contribution in [0.2, 0.25) is 0 Å². The van der Waals surface area contributed by atoms with E-state index >= 15 is 0 Å². The summed E-state index contributed by atoms with van der Waals surface area (Å²) in [4.78, 5) is 15.0. The molecule has 0 saturated carbocycles. The van der Waals surface area contributed by atoms with Crippen LogP contribution in [-0.4, -0.2) is 21.8 Å². The molecule has 3 heterocycles. The van der Waals surface area contributed by atoms with Gasteiger partial charge in [-0.2, -0.15) is 0 Å². The third kappa shape index (κ3) is 5.20. The molecule has 0 spiro atoms. The third-order valence-electron chi connectivity index (χ3n) is 9.33. The van der Waals surface area contributed by atoms with Gasteiger partial charge < -0.3 is 5.32 Å². The molecule has 4 aromatic carbocycles. The lowest BCUT2D eigenvalue weighted by molar-refractivity contribution is 0.653. The van der Waals surface area contributed by atoms with Crippen LogP contribution in [0.5, 0.6) is 0 Å². The van der Waals surface area contributed by atoms with Crippen molar-refractivity contribution in [1.82, 2.24) is 15.3 Å². The molecule has 4 heteroatoms. The van der Waals surface area contributed by atoms with Crippen molar-refractivity contribution >= 4 is 54.5 Å². The average Bonchev–Trinajstić information content (AvgIpc) is 3.15. The number of terminal acetylenes is 1. The highest BCUT2D eigenvalue weighted by Gasteiger charge is 2.22. The van der Waals surface area contributed by atoms with Crippen LogP contribution in [0, 0.1) is 18.3 Å². The normalized spacial score (nSPS) is 18.4. The summed E-state index contributed by atoms with van der Waals surface area (Å²) in [5.74, 6) is 3.46. The van der Waals surface area contributed by atoms with Crippen molar-refractivity contribution in [3.63, 3.8) is 0 Å². The molecule has 6 aromatic rings. The zero-order valence-corrected chi connectivity index (χ0v) is 27.0. The minimum atomic E-state index is -0.262. The molecule has 2 atom stereocenters. The van der Waals surface area contributed by atoms with Crippen molar-refractivity contribution in [2.45, 2.75) is 26.4 Å². The van der Waals surface area contributed by atoms with Gasteiger partial charge in [0.05, 0.1) is 28.3 Å². The van der Waals surface area contributed by atoms with Crippen LogP contribution in [0.1, 0.15) is 31.7 Å². The summed E-state index contributed by atoms with van der Waals surface area (Å²) in [6.45, 7) is 4.33. The fourth-order valence-electron chi connectivity index (χ4n) is 6.84. The molecule has 0 fully saturated rings. The van der Waals surface area contributed by atoms with Gasteiger partial charge in [0.25, 0.3) is 0 Å². The van der Waals surface area contributed by atoms with Crippen molar-refractivity contribution in [2.75, 3.05) is 0 Å². The molecule has 2 aromatic heterocycles. The molecule has 230 valence electrons. The maximum Gasteiger partial charge on any atom is 0.145 e. The van der Waals surface area contributed by atoms with Gasteiger partial charge in [-0.05, 0) is 76.2 Å². The molecule has 0 saturated heterocycles. The van der Waals surface area contributed by atoms with Crippen molar-refractivity contribution in [3.8, 4) is 12.3 Å². The minimum Gasteiger partial charge on any atom is -0.359 e. The van der Waals surface area contributed by atoms with Crippen LogP contribution >= 0.6 is 0 Å². The lowest BCUT2D eigenvalue weighted by Crippen LogP contribution is -2.34. The van der Waals surface area contributed by atoms with Gasteiger partial charge >= 0.3 is 0 Å². The molecule has 2 aliphatic rings. The van der Waals surface area contributed by atoms with Crippen molar-refractivity contribution in [2.24, 2.45) is 10.9 Å². The van der Waals surface area contributed by atoms with E-state index in [2.05, 4.69) is 127 Å². The Morgan fingerprint density at radius 1 is 0.833 bits per heavy atom. The molecule has 2 unspecified atom stereocenters. The Balaban J connectivity index is 1.26. The molecule has 4 nitrogen and oxygen atoms in total. The van der Waals surface area contributed by atoms with E-state index in [0.29, 0.717) is 5.92 Å². The molecular formula is C44H34N4. The predicted molar refractivity (Wildman–Crippen MR) is 202 cm³/mol. The Bertz CT molecular complexity index is 2490. The van der Waals surface area contributed by atoms with Crippen LogP contribution in [0.4, 0.5) is 0 Å². The van der Waals surface area contributed by atoms with Crippen molar-refractivity contribution in [1.29, 1.82) is 0 Å². The highest BCUT2D eigenvalue weighted by Crippen LogP contribution is 2.39. The molecule has 0 radical (unpaired) electrons. The van der Waals surface area contributed by atoms with E-state index in [1.807, 2.05) is 30.4 Å². The van der Waals surface area contributed by atoms with E-state index in [1.54, 1.807) is 6.20 Å². The number of aromatic nitrogens is 2. The number of nitrogens with zero attached hydrogens (tertiary/aromatic N) is 3. The molecule has 1 aliphatic carbocycles. The molecule has 48 heavy (non-hydrogen) atoms. The third-order valence-corrected chi connectivity index (χ3v) is 9.33. The number of aliphatic imine (C=N–C) groups is 1. The first-order valence-electron chi connectivity index (χ1n) is 16.4. The molecule has 0 amide bonds. The standard InChI is InChI=1S/C44H34N4/c1-4-30(39-27-40(38-19-11-12-26-45-38)47-44(46-39)31-23-20-28(2)21-24-31)25-22-29(3)42-37-18-10-8-16-35(37)41-34-15-7-5-13-32(34)33-14-6-9-17-36(33)43(41)48-42/h1,5-20,22-28,44,46H,21H2,2-3H3/b29-22+,30-25+. The summed E-state index contributed by atoms with van der Waals surface area (Å²) in [5, 5.41) is 11.9. The summed E-state index contributed by atoms with van der Waals surface area (Å²) in [6, 6.07) is 31.7. The number of hydrogen-bond acceptors (Lipinski definition) is 4. The van der Waals surface area contributed by atoms with E-state index in [-0.39, 0.29) is 6.17 Å². The summed E-state index contributed by atoms with van der Waals surface area (Å²) in [7, 11) is 0. The Labute approximate surface area is 280 Å². The van der Waals surface area contributed by atoms with Crippen molar-refractivity contribution < 1.29 is 0 Å². The van der Waals surface area contributed by atoms with E-state index < -0.39 is 0 Å². The second-order valence-electron chi connectivity index (χ2n) is 12.5. The van der Waals surface area contributed by atoms with Gasteiger partial charge in [0.2, 0.25) is 0 Å². The maximum atomic E-state index is 6.21. The van der Waals surface area contributed by atoms with Crippen LogP contribution in [0.25, 0.3) is 48.8 Å². The fraction of sp³-hybridized carbons (Fsp3) is 0.114. The van der Waals surface area contributed by atoms with Gasteiger partial charge in [0.15, 0.2) is 0 Å². The zero-order valence-electron chi connectivity index (χ0n) is 27.0. The van der Waals surface area contributed by atoms with Crippen LogP contribution in [0.15, 0.2) is 155 Å². The Hall–Kier alpha value is -6.05. The smallest absolute Gasteiger partial charge is 0.145 e. The lowest BCUT2D eigenvalue weighted by Gasteiger charge is -2.26. The Morgan fingerprint density at radius 3 is 2.19 bits per heavy atom. The zero-order chi connectivity index (χ0) is 32.6. The van der Waals surface area contributed by atoms with E-state index in [0.717, 1.165) is 62.2 Å². The molecule has 8 rings (SSSR count). The van der Waals surface area contributed by atoms with E-state index in [9.17, 15) is 0 Å². The highest BCUT2D eigenvalue weighted by molar-refractivity contribution is 6.30. The quantitative estimate of drug-likeness (QED) is 0.119. The fourth-order valence-corrected chi connectivity index (χ4v) is 6.84. The van der Waals surface area contributed by atoms with Crippen molar-refractivity contribution in [3.05, 3.63) is 162 Å². The molecule has 1 N–H and O–H groups in total. The van der Waals surface area contributed by atoms with Gasteiger partial charge in [-0.3, -0.25) is 9.98 Å². The van der Waals surface area contributed by atoms with Crippen LogP contribution in [-0.2, 0) is 0 Å². The predicted octanol–water partition coefficient (Wildman–Crippen LogP) is 9.88. The van der Waals surface area contributed by atoms with Gasteiger partial charge in [0.1, 0.15) is 6.17 Å². The topological polar surface area (TPSA) is 50.2 Å². The Kier molecular flexibility index (Phi) is 7.51. The number of rotatable bonds is 5. The van der Waals surface area contributed by atoms with Gasteiger partial charge in [-0.15, -0.1) is 6.42 Å². The summed E-state index contributed by atoms with van der Waals surface area (Å²) in [6.07, 6.45) is 21.5. The first-order valence-corrected chi connectivity index (χ1v) is 16.4. The number of benzene rings is 4. The van der Waals surface area contributed by atoms with Gasteiger partial charge in [0, 0.05) is 27.9 Å². The lowest BCUT2D eigenvalue weighted by atomic mass is 9.92. The minimum absolute atomic E-state index is 0.262. The van der Waals surface area contributed by atoms with Crippen LogP contribution < -0.4 is 5.32 Å². The molecule has 0 bridgehead atoms. The first kappa shape index (κ1) is 29.4. The average molecular weight is 619 g/mol. The van der Waals surface area contributed by atoms with Crippen LogP contribution in [0.3, 0.4) is 0 Å². The second-order valence-corrected chi connectivity index (χ2v) is 12.5.